The van der Waals surface area contributed by atoms with E-state index in [1.54, 1.807) is 0 Å². The summed E-state index contributed by atoms with van der Waals surface area (Å²) in [5.41, 5.74) is 0. The van der Waals surface area contributed by atoms with Gasteiger partial charge in [0, 0.05) is 19.6 Å². The zero-order valence-electron chi connectivity index (χ0n) is 12.3. The van der Waals surface area contributed by atoms with E-state index in [2.05, 4.69) is 25.7 Å². The second kappa shape index (κ2) is 7.48. The Morgan fingerprint density at radius 2 is 1.89 bits per heavy atom. The van der Waals surface area contributed by atoms with E-state index in [0.717, 1.165) is 13.1 Å². The molecule has 0 aromatic rings. The van der Waals surface area contributed by atoms with E-state index in [1.807, 2.05) is 4.90 Å². The first-order chi connectivity index (χ1) is 8.93. The predicted molar refractivity (Wildman–Crippen MR) is 73.9 cm³/mol. The zero-order valence-corrected chi connectivity index (χ0v) is 12.3. The third-order valence-electron chi connectivity index (χ3n) is 3.63. The first-order valence-corrected chi connectivity index (χ1v) is 7.17. The average molecular weight is 270 g/mol. The molecule has 1 rings (SSSR count). The number of likely N-dealkylation sites (N-methyl/N-ethyl adjacent to an activating group) is 1. The van der Waals surface area contributed by atoms with E-state index in [0.29, 0.717) is 38.4 Å². The van der Waals surface area contributed by atoms with Crippen molar-refractivity contribution in [1.82, 2.24) is 9.80 Å². The van der Waals surface area contributed by atoms with Gasteiger partial charge >= 0.3 is 5.97 Å². The van der Waals surface area contributed by atoms with E-state index in [-0.39, 0.29) is 11.8 Å². The van der Waals surface area contributed by atoms with Crippen LogP contribution in [0, 0.1) is 11.8 Å². The van der Waals surface area contributed by atoms with Crippen molar-refractivity contribution in [2.24, 2.45) is 11.8 Å². The van der Waals surface area contributed by atoms with Gasteiger partial charge in [0.25, 0.3) is 0 Å². The molecule has 1 amide bonds. The lowest BCUT2D eigenvalue weighted by Crippen LogP contribution is -2.45. The van der Waals surface area contributed by atoms with Gasteiger partial charge in [0.05, 0.1) is 12.5 Å². The minimum absolute atomic E-state index is 0.131. The van der Waals surface area contributed by atoms with Crippen LogP contribution < -0.4 is 0 Å². The van der Waals surface area contributed by atoms with Gasteiger partial charge in [-0.3, -0.25) is 14.5 Å². The fraction of sp³-hybridized carbons (Fsp3) is 0.857. The number of hydrogen-bond acceptors (Lipinski definition) is 3. The number of amides is 1. The highest BCUT2D eigenvalue weighted by Crippen LogP contribution is 2.17. The molecule has 0 unspecified atom stereocenters. The highest BCUT2D eigenvalue weighted by molar-refractivity contribution is 5.79. The Kier molecular flexibility index (Phi) is 6.28. The molecule has 5 nitrogen and oxygen atoms in total. The average Bonchev–Trinajstić information content (AvgIpc) is 2.37. The number of hydrogen-bond donors (Lipinski definition) is 1. The maximum atomic E-state index is 12.2. The van der Waals surface area contributed by atoms with Gasteiger partial charge in [0.15, 0.2) is 0 Å². The molecule has 110 valence electrons. The summed E-state index contributed by atoms with van der Waals surface area (Å²) < 4.78 is 0. The number of carbonyl (C=O) groups is 2. The molecule has 1 aliphatic rings. The van der Waals surface area contributed by atoms with Crippen molar-refractivity contribution in [2.75, 3.05) is 32.7 Å². The highest BCUT2D eigenvalue weighted by Gasteiger charge is 2.27. The number of carbonyl (C=O) groups excluding carboxylic acids is 1. The summed E-state index contributed by atoms with van der Waals surface area (Å²) in [4.78, 5) is 27.0. The summed E-state index contributed by atoms with van der Waals surface area (Å²) in [6, 6.07) is 0. The van der Waals surface area contributed by atoms with Crippen molar-refractivity contribution < 1.29 is 14.7 Å². The molecule has 0 saturated carbocycles. The highest BCUT2D eigenvalue weighted by atomic mass is 16.4. The Labute approximate surface area is 115 Å². The second-order valence-corrected chi connectivity index (χ2v) is 5.71. The molecule has 0 aromatic heterocycles. The lowest BCUT2D eigenvalue weighted by atomic mass is 9.97. The lowest BCUT2D eigenvalue weighted by Gasteiger charge is -2.32. The molecule has 5 heteroatoms. The first-order valence-electron chi connectivity index (χ1n) is 7.17. The quantitative estimate of drug-likeness (QED) is 0.790. The van der Waals surface area contributed by atoms with Crippen LogP contribution in [0.15, 0.2) is 0 Å². The molecule has 19 heavy (non-hydrogen) atoms. The Hall–Kier alpha value is -1.10. The maximum absolute atomic E-state index is 12.2. The van der Waals surface area contributed by atoms with Crippen molar-refractivity contribution in [1.29, 1.82) is 0 Å². The van der Waals surface area contributed by atoms with Crippen LogP contribution in [0.2, 0.25) is 0 Å². The van der Waals surface area contributed by atoms with Gasteiger partial charge in [0.1, 0.15) is 0 Å². The first kappa shape index (κ1) is 16.0. The Bertz CT molecular complexity index is 310. The molecule has 0 aromatic carbocycles. The summed E-state index contributed by atoms with van der Waals surface area (Å²) in [5.74, 6) is -0.332. The van der Waals surface area contributed by atoms with E-state index in [9.17, 15) is 9.59 Å². The number of nitrogens with zero attached hydrogens (tertiary/aromatic N) is 2. The van der Waals surface area contributed by atoms with E-state index in [1.165, 1.54) is 0 Å². The molecule has 1 saturated heterocycles. The third kappa shape index (κ3) is 5.19. The topological polar surface area (TPSA) is 60.9 Å². The fourth-order valence-electron chi connectivity index (χ4n) is 2.49. The van der Waals surface area contributed by atoms with Crippen LogP contribution in [0.3, 0.4) is 0 Å². The minimum Gasteiger partial charge on any atom is -0.481 e. The number of rotatable bonds is 6. The number of likely N-dealkylation sites (tertiary alicyclic amines) is 1. The van der Waals surface area contributed by atoms with Crippen molar-refractivity contribution in [2.45, 2.75) is 33.6 Å². The van der Waals surface area contributed by atoms with Crippen molar-refractivity contribution in [3.8, 4) is 0 Å². The van der Waals surface area contributed by atoms with Gasteiger partial charge in [-0.2, -0.15) is 0 Å². The monoisotopic (exact) mass is 270 g/mol. The molecule has 0 spiro atoms. The minimum atomic E-state index is -0.734. The van der Waals surface area contributed by atoms with E-state index in [4.69, 9.17) is 5.11 Å². The SMILES string of the molecule is CCN(CC(=O)N1CCC(C(=O)O)CC1)CC(C)C. The zero-order chi connectivity index (χ0) is 14.4. The van der Waals surface area contributed by atoms with Gasteiger partial charge in [-0.15, -0.1) is 0 Å². The number of carboxylic acids is 1. The molecule has 0 radical (unpaired) electrons. The van der Waals surface area contributed by atoms with Crippen LogP contribution in [-0.2, 0) is 9.59 Å². The lowest BCUT2D eigenvalue weighted by molar-refractivity contribution is -0.146. The maximum Gasteiger partial charge on any atom is 0.306 e. The van der Waals surface area contributed by atoms with Crippen LogP contribution in [0.4, 0.5) is 0 Å². The van der Waals surface area contributed by atoms with Crippen molar-refractivity contribution >= 4 is 11.9 Å². The largest absolute Gasteiger partial charge is 0.481 e. The van der Waals surface area contributed by atoms with Crippen LogP contribution in [0.1, 0.15) is 33.6 Å². The van der Waals surface area contributed by atoms with Gasteiger partial charge in [-0.25, -0.2) is 0 Å². The van der Waals surface area contributed by atoms with Crippen molar-refractivity contribution in [3.05, 3.63) is 0 Å². The molecule has 1 N–H and O–H groups in total. The molecular weight excluding hydrogens is 244 g/mol. The predicted octanol–water partition coefficient (Wildman–Crippen LogP) is 1.29. The molecule has 1 aliphatic heterocycles. The van der Waals surface area contributed by atoms with Crippen LogP contribution in [-0.4, -0.2) is 59.5 Å². The molecular formula is C14H26N2O3. The third-order valence-corrected chi connectivity index (χ3v) is 3.63. The van der Waals surface area contributed by atoms with E-state index >= 15 is 0 Å². The summed E-state index contributed by atoms with van der Waals surface area (Å²) in [5, 5.41) is 8.93. The number of piperidine rings is 1. The van der Waals surface area contributed by atoms with Gasteiger partial charge in [-0.1, -0.05) is 20.8 Å². The Balaban J connectivity index is 2.40. The molecule has 0 atom stereocenters. The Morgan fingerprint density at radius 3 is 2.32 bits per heavy atom. The Morgan fingerprint density at radius 1 is 1.32 bits per heavy atom. The normalized spacial score (nSPS) is 17.2. The van der Waals surface area contributed by atoms with Gasteiger partial charge < -0.3 is 10.0 Å². The number of carboxylic acid groups (broad SMARTS) is 1. The van der Waals surface area contributed by atoms with Crippen LogP contribution >= 0.6 is 0 Å². The summed E-state index contributed by atoms with van der Waals surface area (Å²) in [7, 11) is 0. The standard InChI is InChI=1S/C14H26N2O3/c1-4-15(9-11(2)3)10-13(17)16-7-5-12(6-8-16)14(18)19/h11-12H,4-10H2,1-3H3,(H,18,19). The van der Waals surface area contributed by atoms with Crippen LogP contribution in [0.5, 0.6) is 0 Å². The summed E-state index contributed by atoms with van der Waals surface area (Å²) >= 11 is 0. The smallest absolute Gasteiger partial charge is 0.306 e. The number of aliphatic carboxylic acids is 1. The molecule has 1 heterocycles. The molecule has 0 bridgehead atoms. The fourth-order valence-corrected chi connectivity index (χ4v) is 2.49. The van der Waals surface area contributed by atoms with Crippen molar-refractivity contribution in [3.63, 3.8) is 0 Å². The van der Waals surface area contributed by atoms with Crippen LogP contribution in [0.25, 0.3) is 0 Å². The molecule has 0 aliphatic carbocycles. The second-order valence-electron chi connectivity index (χ2n) is 5.71. The van der Waals surface area contributed by atoms with Gasteiger partial charge in [-0.05, 0) is 25.3 Å². The van der Waals surface area contributed by atoms with Gasteiger partial charge in [0.2, 0.25) is 5.91 Å². The van der Waals surface area contributed by atoms with E-state index < -0.39 is 5.97 Å². The summed E-state index contributed by atoms with van der Waals surface area (Å²) in [6.07, 6.45) is 1.16. The summed E-state index contributed by atoms with van der Waals surface area (Å²) in [6.45, 7) is 9.75. The molecule has 1 fully saturated rings.